The molecule has 2 aromatic carbocycles. The first-order chi connectivity index (χ1) is 13.2. The summed E-state index contributed by atoms with van der Waals surface area (Å²) in [5, 5.41) is 3.05. The number of amides is 1. The van der Waals surface area contributed by atoms with Crippen LogP contribution in [-0.4, -0.2) is 38.8 Å². The van der Waals surface area contributed by atoms with Gasteiger partial charge in [0.1, 0.15) is 5.75 Å². The average Bonchev–Trinajstić information content (AvgIpc) is 2.81. The number of benzene rings is 2. The van der Waals surface area contributed by atoms with Gasteiger partial charge in [-0.15, -0.1) is 0 Å². The van der Waals surface area contributed by atoms with E-state index in [0.29, 0.717) is 17.9 Å². The molecule has 0 aromatic heterocycles. The van der Waals surface area contributed by atoms with Crippen LogP contribution in [0.5, 0.6) is 5.75 Å². The van der Waals surface area contributed by atoms with Crippen LogP contribution >= 0.6 is 0 Å². The number of carbonyl (C=O) groups excluding carboxylic acids is 1. The molecule has 0 spiro atoms. The molecular weight excluding hydrogens is 376 g/mol. The van der Waals surface area contributed by atoms with Gasteiger partial charge in [0, 0.05) is 18.5 Å². The standard InChI is InChI=1S/C21H26N2O4S/c1-21(2,15-16-9-5-4-6-10-16)22-20(24)19-13-14-23(28(3,25)26)17-11-7-8-12-18(17)27-19/h4-12,19H,13-15H2,1-3H3,(H,22,24). The van der Waals surface area contributed by atoms with Crippen LogP contribution in [0, 0.1) is 0 Å². The Morgan fingerprint density at radius 3 is 2.46 bits per heavy atom. The van der Waals surface area contributed by atoms with E-state index in [9.17, 15) is 13.2 Å². The summed E-state index contributed by atoms with van der Waals surface area (Å²) in [6, 6.07) is 16.8. The van der Waals surface area contributed by atoms with Crippen LogP contribution in [0.4, 0.5) is 5.69 Å². The van der Waals surface area contributed by atoms with Gasteiger partial charge < -0.3 is 10.1 Å². The number of nitrogens with zero attached hydrogens (tertiary/aromatic N) is 1. The third kappa shape index (κ3) is 4.84. The molecule has 1 aliphatic rings. The fraction of sp³-hybridized carbons (Fsp3) is 0.381. The van der Waals surface area contributed by atoms with Gasteiger partial charge in [0.2, 0.25) is 10.0 Å². The van der Waals surface area contributed by atoms with Crippen molar-refractivity contribution in [3.8, 4) is 5.75 Å². The SMILES string of the molecule is CC(C)(Cc1ccccc1)NC(=O)C1CCN(S(C)(=O)=O)c2ccccc2O1. The monoisotopic (exact) mass is 402 g/mol. The largest absolute Gasteiger partial charge is 0.478 e. The van der Waals surface area contributed by atoms with Crippen LogP contribution in [0.25, 0.3) is 0 Å². The third-order valence-corrected chi connectivity index (χ3v) is 5.82. The van der Waals surface area contributed by atoms with Crippen LogP contribution < -0.4 is 14.4 Å². The summed E-state index contributed by atoms with van der Waals surface area (Å²) >= 11 is 0. The van der Waals surface area contributed by atoms with Crippen molar-refractivity contribution in [2.24, 2.45) is 0 Å². The highest BCUT2D eigenvalue weighted by atomic mass is 32.2. The molecule has 6 nitrogen and oxygen atoms in total. The maximum absolute atomic E-state index is 12.9. The van der Waals surface area contributed by atoms with Crippen molar-refractivity contribution >= 4 is 21.6 Å². The van der Waals surface area contributed by atoms with Crippen LogP contribution in [0.15, 0.2) is 54.6 Å². The summed E-state index contributed by atoms with van der Waals surface area (Å²) in [6.07, 6.45) is 1.35. The van der Waals surface area contributed by atoms with Crippen molar-refractivity contribution in [3.05, 3.63) is 60.2 Å². The fourth-order valence-electron chi connectivity index (χ4n) is 3.42. The molecule has 0 saturated carbocycles. The van der Waals surface area contributed by atoms with E-state index in [1.807, 2.05) is 44.2 Å². The minimum Gasteiger partial charge on any atom is -0.478 e. The molecule has 0 aliphatic carbocycles. The van der Waals surface area contributed by atoms with Gasteiger partial charge in [0.15, 0.2) is 6.10 Å². The van der Waals surface area contributed by atoms with Gasteiger partial charge in [-0.05, 0) is 38.0 Å². The third-order valence-electron chi connectivity index (χ3n) is 4.64. The molecule has 2 aromatic rings. The van der Waals surface area contributed by atoms with E-state index < -0.39 is 21.7 Å². The first kappa shape index (κ1) is 20.2. The van der Waals surface area contributed by atoms with E-state index in [0.717, 1.165) is 11.8 Å². The highest BCUT2D eigenvalue weighted by molar-refractivity contribution is 7.92. The Morgan fingerprint density at radius 1 is 1.14 bits per heavy atom. The van der Waals surface area contributed by atoms with Gasteiger partial charge in [-0.3, -0.25) is 9.10 Å². The minimum absolute atomic E-state index is 0.188. The molecule has 150 valence electrons. The Hall–Kier alpha value is -2.54. The number of ether oxygens (including phenoxy) is 1. The van der Waals surface area contributed by atoms with E-state index >= 15 is 0 Å². The summed E-state index contributed by atoms with van der Waals surface area (Å²) in [6.45, 7) is 4.11. The lowest BCUT2D eigenvalue weighted by Crippen LogP contribution is -2.50. The number of carbonyl (C=O) groups is 1. The average molecular weight is 403 g/mol. The minimum atomic E-state index is -3.47. The Labute approximate surface area is 166 Å². The number of rotatable bonds is 5. The Kier molecular flexibility index (Phi) is 5.65. The molecule has 0 radical (unpaired) electrons. The predicted molar refractivity (Wildman–Crippen MR) is 110 cm³/mol. The second-order valence-corrected chi connectivity index (χ2v) is 9.64. The topological polar surface area (TPSA) is 75.7 Å². The highest BCUT2D eigenvalue weighted by Gasteiger charge is 2.33. The predicted octanol–water partition coefficient (Wildman–Crippen LogP) is 2.74. The van der Waals surface area contributed by atoms with Gasteiger partial charge in [-0.1, -0.05) is 42.5 Å². The molecule has 28 heavy (non-hydrogen) atoms. The first-order valence-electron chi connectivity index (χ1n) is 9.25. The number of nitrogens with one attached hydrogen (secondary N) is 1. The van der Waals surface area contributed by atoms with Crippen molar-refractivity contribution in [3.63, 3.8) is 0 Å². The van der Waals surface area contributed by atoms with E-state index in [-0.39, 0.29) is 18.9 Å². The Balaban J connectivity index is 1.76. The molecule has 7 heteroatoms. The van der Waals surface area contributed by atoms with Gasteiger partial charge in [-0.2, -0.15) is 0 Å². The van der Waals surface area contributed by atoms with Crippen molar-refractivity contribution in [1.29, 1.82) is 0 Å². The molecule has 1 amide bonds. The summed E-state index contributed by atoms with van der Waals surface area (Å²) in [5.41, 5.74) is 1.12. The zero-order chi connectivity index (χ0) is 20.4. The second kappa shape index (κ2) is 7.83. The quantitative estimate of drug-likeness (QED) is 0.834. The molecule has 1 N–H and O–H groups in total. The lowest BCUT2D eigenvalue weighted by atomic mass is 9.94. The van der Waals surface area contributed by atoms with Gasteiger partial charge in [0.25, 0.3) is 5.91 Å². The first-order valence-corrected chi connectivity index (χ1v) is 11.1. The van der Waals surface area contributed by atoms with Crippen LogP contribution in [-0.2, 0) is 21.2 Å². The Bertz CT molecular complexity index is 942. The number of sulfonamides is 1. The fourth-order valence-corrected chi connectivity index (χ4v) is 4.37. The number of fused-ring (bicyclic) bond motifs is 1. The lowest BCUT2D eigenvalue weighted by Gasteiger charge is -2.29. The Morgan fingerprint density at radius 2 is 1.79 bits per heavy atom. The van der Waals surface area contributed by atoms with Crippen LogP contribution in [0.3, 0.4) is 0 Å². The number of para-hydroxylation sites is 2. The van der Waals surface area contributed by atoms with Crippen molar-refractivity contribution in [2.45, 2.75) is 38.3 Å². The second-order valence-electron chi connectivity index (χ2n) is 7.73. The van der Waals surface area contributed by atoms with Gasteiger partial charge >= 0.3 is 0 Å². The highest BCUT2D eigenvalue weighted by Crippen LogP contribution is 2.34. The normalized spacial score (nSPS) is 17.2. The molecule has 0 saturated heterocycles. The van der Waals surface area contributed by atoms with Crippen LogP contribution in [0.2, 0.25) is 0 Å². The van der Waals surface area contributed by atoms with E-state index in [1.54, 1.807) is 24.3 Å². The summed E-state index contributed by atoms with van der Waals surface area (Å²) in [7, 11) is -3.47. The molecule has 0 bridgehead atoms. The lowest BCUT2D eigenvalue weighted by molar-refractivity contribution is -0.129. The number of hydrogen-bond acceptors (Lipinski definition) is 4. The molecule has 0 fully saturated rings. The van der Waals surface area contributed by atoms with E-state index in [4.69, 9.17) is 4.74 Å². The van der Waals surface area contributed by atoms with Gasteiger partial charge in [-0.25, -0.2) is 8.42 Å². The van der Waals surface area contributed by atoms with Gasteiger partial charge in [0.05, 0.1) is 11.9 Å². The maximum atomic E-state index is 12.9. The molecule has 3 rings (SSSR count). The summed E-state index contributed by atoms with van der Waals surface area (Å²) < 4.78 is 31.6. The van der Waals surface area contributed by atoms with Crippen molar-refractivity contribution in [2.75, 3.05) is 17.1 Å². The molecular formula is C21H26N2O4S. The zero-order valence-electron chi connectivity index (χ0n) is 16.4. The van der Waals surface area contributed by atoms with Crippen molar-refractivity contribution in [1.82, 2.24) is 5.32 Å². The summed E-state index contributed by atoms with van der Waals surface area (Å²) in [4.78, 5) is 12.9. The molecule has 1 atom stereocenters. The maximum Gasteiger partial charge on any atom is 0.261 e. The number of anilines is 1. The molecule has 1 heterocycles. The van der Waals surface area contributed by atoms with Crippen LogP contribution in [0.1, 0.15) is 25.8 Å². The number of hydrogen-bond donors (Lipinski definition) is 1. The van der Waals surface area contributed by atoms with E-state index in [1.165, 1.54) is 4.31 Å². The summed E-state index contributed by atoms with van der Waals surface area (Å²) in [5.74, 6) is 0.150. The zero-order valence-corrected chi connectivity index (χ0v) is 17.2. The van der Waals surface area contributed by atoms with E-state index in [2.05, 4.69) is 5.32 Å². The smallest absolute Gasteiger partial charge is 0.261 e. The van der Waals surface area contributed by atoms with Crippen molar-refractivity contribution < 1.29 is 17.9 Å². The molecule has 1 aliphatic heterocycles. The molecule has 1 unspecified atom stereocenters.